The van der Waals surface area contributed by atoms with Crippen LogP contribution in [-0.4, -0.2) is 25.4 Å². The Morgan fingerprint density at radius 3 is 2.53 bits per heavy atom. The van der Waals surface area contributed by atoms with Gasteiger partial charge in [-0.1, -0.05) is 19.9 Å². The minimum absolute atomic E-state index is 0.154. The average molecular weight is 242 g/mol. The van der Waals surface area contributed by atoms with Crippen LogP contribution in [0.15, 0.2) is 16.9 Å². The second-order valence-corrected chi connectivity index (χ2v) is 5.16. The van der Waals surface area contributed by atoms with Gasteiger partial charge in [0.05, 0.1) is 17.9 Å². The number of ether oxygens (including phenoxy) is 2. The summed E-state index contributed by atoms with van der Waals surface area (Å²) in [7, 11) is 0. The Morgan fingerprint density at radius 2 is 2.06 bits per heavy atom. The van der Waals surface area contributed by atoms with Crippen molar-refractivity contribution in [3.63, 3.8) is 0 Å². The van der Waals surface area contributed by atoms with Gasteiger partial charge in [0.15, 0.2) is 0 Å². The third-order valence-electron chi connectivity index (χ3n) is 2.38. The minimum Gasteiger partial charge on any atom is -0.375 e. The molecule has 17 heavy (non-hydrogen) atoms. The predicted molar refractivity (Wildman–Crippen MR) is 69.2 cm³/mol. The van der Waals surface area contributed by atoms with E-state index in [-0.39, 0.29) is 5.60 Å². The molecule has 0 fully saturated rings. The first kappa shape index (κ1) is 16.3. The fourth-order valence-corrected chi connectivity index (χ4v) is 1.14. The molecule has 0 rings (SSSR count). The van der Waals surface area contributed by atoms with E-state index in [1.807, 2.05) is 6.92 Å². The van der Waals surface area contributed by atoms with Gasteiger partial charge in [-0.05, 0) is 33.1 Å². The average Bonchev–Trinajstić information content (AvgIpc) is 2.27. The molecule has 0 aromatic rings. The molecule has 0 saturated heterocycles. The molecule has 1 N–H and O–H groups in total. The first-order valence-corrected chi connectivity index (χ1v) is 6.15. The topological polar surface area (TPSA) is 54.7 Å². The molecule has 0 heterocycles. The van der Waals surface area contributed by atoms with Crippen LogP contribution in [0.4, 0.5) is 0 Å². The summed E-state index contributed by atoms with van der Waals surface area (Å²) in [5.41, 5.74) is 7.39. The fourth-order valence-electron chi connectivity index (χ4n) is 1.14. The molecule has 0 unspecified atom stereocenters. The standard InChI is InChI=1S/C13H26N2O2/c1-6-12(15-14)10-16-8-7-13(4,5)17-9-11(2)3/h6,11,14H,7-10H2,1-5H3/b12-6-,15-14?. The molecule has 0 aliphatic heterocycles. The molecule has 0 aliphatic rings. The summed E-state index contributed by atoms with van der Waals surface area (Å²) in [6.07, 6.45) is 2.63. The van der Waals surface area contributed by atoms with E-state index < -0.39 is 0 Å². The Morgan fingerprint density at radius 1 is 1.41 bits per heavy atom. The summed E-state index contributed by atoms with van der Waals surface area (Å²) in [6, 6.07) is 0. The zero-order valence-corrected chi connectivity index (χ0v) is 11.7. The van der Waals surface area contributed by atoms with E-state index in [0.717, 1.165) is 13.0 Å². The lowest BCUT2D eigenvalue weighted by molar-refractivity contribution is -0.0498. The highest BCUT2D eigenvalue weighted by Crippen LogP contribution is 2.16. The Bertz CT molecular complexity index is 248. The van der Waals surface area contributed by atoms with Crippen molar-refractivity contribution in [3.05, 3.63) is 11.8 Å². The van der Waals surface area contributed by atoms with E-state index in [0.29, 0.717) is 24.8 Å². The van der Waals surface area contributed by atoms with Crippen molar-refractivity contribution in [1.82, 2.24) is 0 Å². The number of hydrogen-bond acceptors (Lipinski definition) is 4. The summed E-state index contributed by atoms with van der Waals surface area (Å²) in [5.74, 6) is 0.548. The highest BCUT2D eigenvalue weighted by Gasteiger charge is 2.18. The number of nitrogens with zero attached hydrogens (tertiary/aromatic N) is 1. The normalized spacial score (nSPS) is 13.2. The van der Waals surface area contributed by atoms with Crippen molar-refractivity contribution >= 4 is 0 Å². The lowest BCUT2D eigenvalue weighted by atomic mass is 10.1. The second kappa shape index (κ2) is 8.37. The number of rotatable bonds is 9. The highest BCUT2D eigenvalue weighted by atomic mass is 16.5. The van der Waals surface area contributed by atoms with Gasteiger partial charge in [0.2, 0.25) is 0 Å². The quantitative estimate of drug-likeness (QED) is 0.494. The lowest BCUT2D eigenvalue weighted by Gasteiger charge is -2.26. The Labute approximate surface area is 105 Å². The van der Waals surface area contributed by atoms with Crippen LogP contribution in [0.5, 0.6) is 0 Å². The van der Waals surface area contributed by atoms with Crippen LogP contribution in [0.25, 0.3) is 0 Å². The smallest absolute Gasteiger partial charge is 0.0903 e. The van der Waals surface area contributed by atoms with Gasteiger partial charge in [-0.25, -0.2) is 5.53 Å². The maximum Gasteiger partial charge on any atom is 0.0903 e. The molecule has 100 valence electrons. The number of nitrogens with one attached hydrogen (secondary N) is 1. The molecule has 0 atom stereocenters. The molecule has 0 spiro atoms. The second-order valence-electron chi connectivity index (χ2n) is 5.16. The third-order valence-corrected chi connectivity index (χ3v) is 2.38. The van der Waals surface area contributed by atoms with Gasteiger partial charge in [-0.3, -0.25) is 0 Å². The highest BCUT2D eigenvalue weighted by molar-refractivity contribution is 4.95. The van der Waals surface area contributed by atoms with E-state index >= 15 is 0 Å². The van der Waals surface area contributed by atoms with Crippen molar-refractivity contribution < 1.29 is 9.47 Å². The largest absolute Gasteiger partial charge is 0.375 e. The molecule has 0 radical (unpaired) electrons. The zero-order chi connectivity index (χ0) is 13.3. The van der Waals surface area contributed by atoms with Crippen LogP contribution >= 0.6 is 0 Å². The van der Waals surface area contributed by atoms with Gasteiger partial charge >= 0.3 is 0 Å². The molecule has 4 heteroatoms. The minimum atomic E-state index is -0.154. The first-order valence-electron chi connectivity index (χ1n) is 6.15. The molecular formula is C13H26N2O2. The van der Waals surface area contributed by atoms with Gasteiger partial charge < -0.3 is 9.47 Å². The van der Waals surface area contributed by atoms with Gasteiger partial charge in [0.25, 0.3) is 0 Å². The maximum absolute atomic E-state index is 6.88. The first-order chi connectivity index (χ1) is 7.91. The van der Waals surface area contributed by atoms with Gasteiger partial charge in [0, 0.05) is 13.2 Å². The SMILES string of the molecule is C/C=C(/COCCC(C)(C)OCC(C)C)N=N. The van der Waals surface area contributed by atoms with E-state index in [4.69, 9.17) is 15.0 Å². The summed E-state index contributed by atoms with van der Waals surface area (Å²) in [5, 5.41) is 3.35. The van der Waals surface area contributed by atoms with Crippen LogP contribution in [0, 0.1) is 11.4 Å². The van der Waals surface area contributed by atoms with Crippen molar-refractivity contribution in [2.75, 3.05) is 19.8 Å². The summed E-state index contributed by atoms with van der Waals surface area (Å²) >= 11 is 0. The van der Waals surface area contributed by atoms with Crippen molar-refractivity contribution in [2.45, 2.75) is 46.6 Å². The van der Waals surface area contributed by atoms with Crippen molar-refractivity contribution in [2.24, 2.45) is 11.0 Å². The molecule has 0 aliphatic carbocycles. The summed E-state index contributed by atoms with van der Waals surface area (Å²) in [4.78, 5) is 0. The molecule has 0 saturated carbocycles. The van der Waals surface area contributed by atoms with Crippen LogP contribution < -0.4 is 0 Å². The Hall–Kier alpha value is -0.740. The van der Waals surface area contributed by atoms with Gasteiger partial charge in [-0.2, -0.15) is 5.11 Å². The molecular weight excluding hydrogens is 216 g/mol. The van der Waals surface area contributed by atoms with E-state index in [2.05, 4.69) is 32.8 Å². The fraction of sp³-hybridized carbons (Fsp3) is 0.846. The molecule has 0 bridgehead atoms. The predicted octanol–water partition coefficient (Wildman–Crippen LogP) is 3.78. The van der Waals surface area contributed by atoms with E-state index in [1.165, 1.54) is 0 Å². The zero-order valence-electron chi connectivity index (χ0n) is 11.7. The van der Waals surface area contributed by atoms with Crippen LogP contribution in [-0.2, 0) is 9.47 Å². The molecule has 4 nitrogen and oxygen atoms in total. The maximum atomic E-state index is 6.88. The third kappa shape index (κ3) is 9.01. The molecule has 0 amide bonds. The Kier molecular flexibility index (Phi) is 8.00. The van der Waals surface area contributed by atoms with E-state index in [1.54, 1.807) is 6.08 Å². The molecule has 0 aromatic heterocycles. The van der Waals surface area contributed by atoms with Crippen LogP contribution in [0.1, 0.15) is 41.0 Å². The van der Waals surface area contributed by atoms with Gasteiger partial charge in [0.1, 0.15) is 0 Å². The monoisotopic (exact) mass is 242 g/mol. The van der Waals surface area contributed by atoms with Gasteiger partial charge in [-0.15, -0.1) is 0 Å². The number of allylic oxidation sites excluding steroid dienone is 1. The van der Waals surface area contributed by atoms with Crippen LogP contribution in [0.3, 0.4) is 0 Å². The van der Waals surface area contributed by atoms with Crippen molar-refractivity contribution in [1.29, 1.82) is 5.53 Å². The lowest BCUT2D eigenvalue weighted by Crippen LogP contribution is -2.28. The van der Waals surface area contributed by atoms with Crippen LogP contribution in [0.2, 0.25) is 0 Å². The number of hydrogen-bond donors (Lipinski definition) is 1. The summed E-state index contributed by atoms with van der Waals surface area (Å²) < 4.78 is 11.3. The Balaban J connectivity index is 3.75. The van der Waals surface area contributed by atoms with E-state index in [9.17, 15) is 0 Å². The summed E-state index contributed by atoms with van der Waals surface area (Å²) in [6.45, 7) is 12.1. The molecule has 0 aromatic carbocycles. The van der Waals surface area contributed by atoms with Crippen molar-refractivity contribution in [3.8, 4) is 0 Å².